The SMILES string of the molecule is CC(C)(N)C(C)(C)C(=O)NCC(=O)NCC(=O)O. The fourth-order valence-electron chi connectivity index (χ4n) is 0.911. The standard InChI is InChI=1S/C11H21N3O4/c1-10(2,11(3,4)12)9(18)14-5-7(15)13-6-8(16)17/h5-6,12H2,1-4H3,(H,13,15)(H,14,18)(H,16,17). The number of carboxylic acid groups (broad SMARTS) is 1. The van der Waals surface area contributed by atoms with Crippen LogP contribution in [0.5, 0.6) is 0 Å². The topological polar surface area (TPSA) is 122 Å². The van der Waals surface area contributed by atoms with Gasteiger partial charge >= 0.3 is 5.97 Å². The van der Waals surface area contributed by atoms with Crippen LogP contribution in [0, 0.1) is 5.41 Å². The lowest BCUT2D eigenvalue weighted by Crippen LogP contribution is -2.56. The lowest BCUT2D eigenvalue weighted by atomic mass is 9.74. The highest BCUT2D eigenvalue weighted by Crippen LogP contribution is 2.28. The lowest BCUT2D eigenvalue weighted by Gasteiger charge is -2.36. The number of hydrogen-bond acceptors (Lipinski definition) is 4. The molecule has 0 aliphatic rings. The van der Waals surface area contributed by atoms with Gasteiger partial charge in [0.2, 0.25) is 11.8 Å². The number of nitrogens with one attached hydrogen (secondary N) is 2. The second-order valence-electron chi connectivity index (χ2n) is 5.20. The molecule has 0 saturated carbocycles. The van der Waals surface area contributed by atoms with E-state index in [-0.39, 0.29) is 12.5 Å². The predicted molar refractivity (Wildman–Crippen MR) is 65.7 cm³/mol. The summed E-state index contributed by atoms with van der Waals surface area (Å²) in [7, 11) is 0. The molecule has 2 amide bonds. The Hall–Kier alpha value is -1.63. The molecule has 7 heteroatoms. The highest BCUT2D eigenvalue weighted by Gasteiger charge is 2.40. The molecular weight excluding hydrogens is 238 g/mol. The zero-order valence-corrected chi connectivity index (χ0v) is 11.2. The van der Waals surface area contributed by atoms with Crippen LogP contribution >= 0.6 is 0 Å². The molecule has 0 aliphatic carbocycles. The van der Waals surface area contributed by atoms with Crippen LogP contribution in [0.3, 0.4) is 0 Å². The highest BCUT2D eigenvalue weighted by atomic mass is 16.4. The van der Waals surface area contributed by atoms with Crippen LogP contribution < -0.4 is 16.4 Å². The average molecular weight is 259 g/mol. The Balaban J connectivity index is 4.27. The van der Waals surface area contributed by atoms with Crippen LogP contribution in [-0.4, -0.2) is 41.5 Å². The molecule has 0 aromatic rings. The maximum absolute atomic E-state index is 11.9. The Bertz CT molecular complexity index is 345. The molecule has 0 heterocycles. The number of carbonyl (C=O) groups excluding carboxylic acids is 2. The molecule has 104 valence electrons. The molecule has 0 bridgehead atoms. The average Bonchev–Trinajstić information content (AvgIpc) is 2.21. The van der Waals surface area contributed by atoms with Crippen LogP contribution in [0.15, 0.2) is 0 Å². The quantitative estimate of drug-likeness (QED) is 0.491. The molecule has 0 radical (unpaired) electrons. The maximum Gasteiger partial charge on any atom is 0.322 e. The summed E-state index contributed by atoms with van der Waals surface area (Å²) in [5, 5.41) is 12.9. The minimum Gasteiger partial charge on any atom is -0.480 e. The molecule has 0 aliphatic heterocycles. The molecule has 0 unspecified atom stereocenters. The van der Waals surface area contributed by atoms with E-state index in [1.54, 1.807) is 27.7 Å². The van der Waals surface area contributed by atoms with Gasteiger partial charge in [-0.05, 0) is 27.7 Å². The monoisotopic (exact) mass is 259 g/mol. The normalized spacial score (nSPS) is 11.8. The second kappa shape index (κ2) is 5.81. The number of carboxylic acids is 1. The van der Waals surface area contributed by atoms with Crippen LogP contribution in [0.25, 0.3) is 0 Å². The zero-order chi connectivity index (χ0) is 14.6. The molecule has 0 rings (SSSR count). The van der Waals surface area contributed by atoms with Gasteiger partial charge in [0.15, 0.2) is 0 Å². The van der Waals surface area contributed by atoms with Crippen molar-refractivity contribution < 1.29 is 19.5 Å². The third kappa shape index (κ3) is 4.70. The first-order valence-corrected chi connectivity index (χ1v) is 5.54. The van der Waals surface area contributed by atoms with Gasteiger partial charge in [0.05, 0.1) is 12.0 Å². The Kier molecular flexibility index (Phi) is 5.29. The summed E-state index contributed by atoms with van der Waals surface area (Å²) in [5.41, 5.74) is 4.29. The molecule has 5 N–H and O–H groups in total. The van der Waals surface area contributed by atoms with E-state index >= 15 is 0 Å². The Morgan fingerprint density at radius 2 is 1.56 bits per heavy atom. The molecule has 0 aromatic carbocycles. The van der Waals surface area contributed by atoms with Crippen molar-refractivity contribution in [2.75, 3.05) is 13.1 Å². The predicted octanol–water partition coefficient (Wildman–Crippen LogP) is -0.933. The maximum atomic E-state index is 11.9. The van der Waals surface area contributed by atoms with E-state index in [2.05, 4.69) is 10.6 Å². The van der Waals surface area contributed by atoms with Gasteiger partial charge in [-0.3, -0.25) is 14.4 Å². The summed E-state index contributed by atoms with van der Waals surface area (Å²) >= 11 is 0. The summed E-state index contributed by atoms with van der Waals surface area (Å²) < 4.78 is 0. The number of carbonyl (C=O) groups is 3. The largest absolute Gasteiger partial charge is 0.480 e. The third-order valence-corrected chi connectivity index (χ3v) is 3.02. The Morgan fingerprint density at radius 1 is 1.06 bits per heavy atom. The minimum atomic E-state index is -1.14. The first-order valence-electron chi connectivity index (χ1n) is 5.54. The van der Waals surface area contributed by atoms with Gasteiger partial charge in [0.25, 0.3) is 0 Å². The number of nitrogens with two attached hydrogens (primary N) is 1. The van der Waals surface area contributed by atoms with Crippen molar-refractivity contribution in [3.8, 4) is 0 Å². The molecule has 18 heavy (non-hydrogen) atoms. The van der Waals surface area contributed by atoms with Crippen molar-refractivity contribution in [3.05, 3.63) is 0 Å². The smallest absolute Gasteiger partial charge is 0.322 e. The van der Waals surface area contributed by atoms with Gasteiger partial charge in [-0.1, -0.05) is 0 Å². The molecular formula is C11H21N3O4. The van der Waals surface area contributed by atoms with E-state index in [0.29, 0.717) is 0 Å². The highest BCUT2D eigenvalue weighted by molar-refractivity contribution is 5.89. The van der Waals surface area contributed by atoms with Crippen LogP contribution in [0.1, 0.15) is 27.7 Å². The van der Waals surface area contributed by atoms with Crippen LogP contribution in [0.4, 0.5) is 0 Å². The van der Waals surface area contributed by atoms with Gasteiger partial charge in [0, 0.05) is 5.54 Å². The number of hydrogen-bond donors (Lipinski definition) is 4. The first kappa shape index (κ1) is 16.4. The fourth-order valence-corrected chi connectivity index (χ4v) is 0.911. The Morgan fingerprint density at radius 3 is 1.94 bits per heavy atom. The van der Waals surface area contributed by atoms with Crippen molar-refractivity contribution in [1.29, 1.82) is 0 Å². The number of aliphatic carboxylic acids is 1. The summed E-state index contributed by atoms with van der Waals surface area (Å²) in [6.45, 7) is 6.05. The van der Waals surface area contributed by atoms with Crippen molar-refractivity contribution in [1.82, 2.24) is 10.6 Å². The van der Waals surface area contributed by atoms with E-state index in [4.69, 9.17) is 10.8 Å². The molecule has 0 saturated heterocycles. The van der Waals surface area contributed by atoms with Gasteiger partial charge in [-0.25, -0.2) is 0 Å². The molecule has 0 atom stereocenters. The van der Waals surface area contributed by atoms with Crippen molar-refractivity contribution in [3.63, 3.8) is 0 Å². The van der Waals surface area contributed by atoms with Crippen molar-refractivity contribution >= 4 is 17.8 Å². The van der Waals surface area contributed by atoms with Gasteiger partial charge in [-0.15, -0.1) is 0 Å². The van der Waals surface area contributed by atoms with Crippen molar-refractivity contribution in [2.45, 2.75) is 33.2 Å². The van der Waals surface area contributed by atoms with E-state index in [1.165, 1.54) is 0 Å². The van der Waals surface area contributed by atoms with Crippen molar-refractivity contribution in [2.24, 2.45) is 11.1 Å². The van der Waals surface area contributed by atoms with E-state index < -0.39 is 29.4 Å². The second-order valence-corrected chi connectivity index (χ2v) is 5.20. The van der Waals surface area contributed by atoms with Gasteiger partial charge < -0.3 is 21.5 Å². The minimum absolute atomic E-state index is 0.272. The Labute approximate surface area is 106 Å². The summed E-state index contributed by atoms with van der Waals surface area (Å²) in [6.07, 6.45) is 0. The van der Waals surface area contributed by atoms with Gasteiger partial charge in [-0.2, -0.15) is 0 Å². The van der Waals surface area contributed by atoms with Crippen LogP contribution in [-0.2, 0) is 14.4 Å². The van der Waals surface area contributed by atoms with Gasteiger partial charge in [0.1, 0.15) is 6.54 Å². The summed E-state index contributed by atoms with van der Waals surface area (Å²) in [6, 6.07) is 0. The number of amides is 2. The molecule has 0 spiro atoms. The molecule has 7 nitrogen and oxygen atoms in total. The van der Waals surface area contributed by atoms with E-state index in [9.17, 15) is 14.4 Å². The fraction of sp³-hybridized carbons (Fsp3) is 0.727. The zero-order valence-electron chi connectivity index (χ0n) is 11.2. The number of rotatable bonds is 6. The third-order valence-electron chi connectivity index (χ3n) is 3.02. The molecule has 0 fully saturated rings. The summed E-state index contributed by atoms with van der Waals surface area (Å²) in [5.74, 6) is -2.06. The van der Waals surface area contributed by atoms with Crippen LogP contribution in [0.2, 0.25) is 0 Å². The lowest BCUT2D eigenvalue weighted by molar-refractivity contribution is -0.138. The van der Waals surface area contributed by atoms with E-state index in [0.717, 1.165) is 0 Å². The summed E-state index contributed by atoms with van der Waals surface area (Å²) in [4.78, 5) is 33.3. The van der Waals surface area contributed by atoms with E-state index in [1.807, 2.05) is 0 Å². The first-order chi connectivity index (χ1) is 7.98. The molecule has 0 aromatic heterocycles.